The Morgan fingerprint density at radius 1 is 1.44 bits per heavy atom. The molecule has 4 nitrogen and oxygen atoms in total. The second kappa shape index (κ2) is 6.64. The minimum atomic E-state index is -1.23. The van der Waals surface area contributed by atoms with Crippen LogP contribution in [0.1, 0.15) is 42.1 Å². The highest BCUT2D eigenvalue weighted by Crippen LogP contribution is 2.26. The van der Waals surface area contributed by atoms with E-state index in [2.05, 4.69) is 6.92 Å². The van der Waals surface area contributed by atoms with Gasteiger partial charge in [-0.1, -0.05) is 44.0 Å². The SMILES string of the molecule is CCCC[C@@H](O)[C@](N)(OC)c1ccc(C=O)cc1. The van der Waals surface area contributed by atoms with E-state index >= 15 is 0 Å². The van der Waals surface area contributed by atoms with Crippen LogP contribution in [0.5, 0.6) is 0 Å². The summed E-state index contributed by atoms with van der Waals surface area (Å²) in [6.45, 7) is 2.05. The van der Waals surface area contributed by atoms with Gasteiger partial charge in [0.1, 0.15) is 12.4 Å². The fraction of sp³-hybridized carbons (Fsp3) is 0.500. The summed E-state index contributed by atoms with van der Waals surface area (Å²) in [6.07, 6.45) is 2.44. The van der Waals surface area contributed by atoms with Gasteiger partial charge in [-0.05, 0) is 6.42 Å². The molecule has 0 unspecified atom stereocenters. The predicted octanol–water partition coefficient (Wildman–Crippen LogP) is 1.81. The second-order valence-corrected chi connectivity index (χ2v) is 4.40. The first kappa shape index (κ1) is 14.8. The highest BCUT2D eigenvalue weighted by molar-refractivity contribution is 5.74. The summed E-state index contributed by atoms with van der Waals surface area (Å²) < 4.78 is 5.30. The molecular weight excluding hydrogens is 230 g/mol. The number of methoxy groups -OCH3 is 1. The molecule has 4 heteroatoms. The lowest BCUT2D eigenvalue weighted by atomic mass is 9.93. The summed E-state index contributed by atoms with van der Waals surface area (Å²) in [5.41, 5.74) is 6.14. The minimum absolute atomic E-state index is 0.570. The minimum Gasteiger partial charge on any atom is -0.388 e. The van der Waals surface area contributed by atoms with Crippen LogP contribution in [0.3, 0.4) is 0 Å². The first-order valence-electron chi connectivity index (χ1n) is 6.16. The monoisotopic (exact) mass is 251 g/mol. The number of benzene rings is 1. The number of aldehydes is 1. The molecular formula is C14H21NO3. The molecule has 2 atom stereocenters. The van der Waals surface area contributed by atoms with Crippen molar-refractivity contribution in [3.8, 4) is 0 Å². The van der Waals surface area contributed by atoms with E-state index in [1.165, 1.54) is 7.11 Å². The van der Waals surface area contributed by atoms with Crippen LogP contribution >= 0.6 is 0 Å². The van der Waals surface area contributed by atoms with Crippen molar-refractivity contribution in [3.05, 3.63) is 35.4 Å². The van der Waals surface area contributed by atoms with Crippen molar-refractivity contribution in [1.82, 2.24) is 0 Å². The molecule has 0 aromatic heterocycles. The molecule has 0 aliphatic heterocycles. The molecule has 0 heterocycles. The first-order valence-corrected chi connectivity index (χ1v) is 6.16. The van der Waals surface area contributed by atoms with Crippen LogP contribution in [0, 0.1) is 0 Å². The van der Waals surface area contributed by atoms with E-state index in [-0.39, 0.29) is 0 Å². The Morgan fingerprint density at radius 3 is 2.50 bits per heavy atom. The standard InChI is InChI=1S/C14H21NO3/c1-3-4-5-13(17)14(15,18-2)12-8-6-11(10-16)7-9-12/h6-10,13,17H,3-5,15H2,1-2H3/t13-,14-/m1/s1. The molecule has 0 aliphatic rings. The van der Waals surface area contributed by atoms with Crippen molar-refractivity contribution in [1.29, 1.82) is 0 Å². The van der Waals surface area contributed by atoms with Crippen LogP contribution in [0.25, 0.3) is 0 Å². The number of ether oxygens (including phenoxy) is 1. The fourth-order valence-corrected chi connectivity index (χ4v) is 1.88. The Bertz CT molecular complexity index is 377. The molecule has 0 radical (unpaired) electrons. The zero-order valence-corrected chi connectivity index (χ0v) is 10.9. The molecule has 1 aromatic carbocycles. The molecule has 0 saturated carbocycles. The number of hydrogen-bond acceptors (Lipinski definition) is 4. The van der Waals surface area contributed by atoms with E-state index in [0.717, 1.165) is 19.1 Å². The summed E-state index contributed by atoms with van der Waals surface area (Å²) in [7, 11) is 1.48. The third-order valence-corrected chi connectivity index (χ3v) is 3.16. The normalized spacial score (nSPS) is 16.0. The number of aliphatic hydroxyl groups excluding tert-OH is 1. The maximum atomic E-state index is 10.6. The lowest BCUT2D eigenvalue weighted by molar-refractivity contribution is -0.108. The van der Waals surface area contributed by atoms with Crippen molar-refractivity contribution in [2.75, 3.05) is 7.11 Å². The summed E-state index contributed by atoms with van der Waals surface area (Å²) >= 11 is 0. The zero-order chi connectivity index (χ0) is 13.6. The molecule has 1 rings (SSSR count). The van der Waals surface area contributed by atoms with E-state index in [1.807, 2.05) is 0 Å². The largest absolute Gasteiger partial charge is 0.388 e. The average Bonchev–Trinajstić information content (AvgIpc) is 2.43. The maximum Gasteiger partial charge on any atom is 0.168 e. The Labute approximate surface area is 108 Å². The molecule has 100 valence electrons. The lowest BCUT2D eigenvalue weighted by Gasteiger charge is -2.33. The van der Waals surface area contributed by atoms with Crippen LogP contribution in [0.15, 0.2) is 24.3 Å². The molecule has 1 aromatic rings. The summed E-state index contributed by atoms with van der Waals surface area (Å²) in [4.78, 5) is 10.6. The van der Waals surface area contributed by atoms with Gasteiger partial charge in [0.15, 0.2) is 5.72 Å². The van der Waals surface area contributed by atoms with Crippen LogP contribution in [-0.2, 0) is 10.5 Å². The zero-order valence-electron chi connectivity index (χ0n) is 10.9. The van der Waals surface area contributed by atoms with Gasteiger partial charge in [0.05, 0.1) is 0 Å². The second-order valence-electron chi connectivity index (χ2n) is 4.40. The van der Waals surface area contributed by atoms with Crippen LogP contribution in [-0.4, -0.2) is 24.6 Å². The first-order chi connectivity index (χ1) is 8.58. The lowest BCUT2D eigenvalue weighted by Crippen LogP contribution is -2.49. The van der Waals surface area contributed by atoms with E-state index in [4.69, 9.17) is 10.5 Å². The smallest absolute Gasteiger partial charge is 0.168 e. The molecule has 0 saturated heterocycles. The number of carbonyl (C=O) groups is 1. The van der Waals surface area contributed by atoms with E-state index in [9.17, 15) is 9.90 Å². The number of nitrogens with two attached hydrogens (primary N) is 1. The fourth-order valence-electron chi connectivity index (χ4n) is 1.88. The van der Waals surface area contributed by atoms with Gasteiger partial charge in [-0.2, -0.15) is 0 Å². The van der Waals surface area contributed by atoms with Crippen LogP contribution < -0.4 is 5.73 Å². The average molecular weight is 251 g/mol. The van der Waals surface area contributed by atoms with Crippen molar-refractivity contribution < 1.29 is 14.6 Å². The summed E-state index contributed by atoms with van der Waals surface area (Å²) in [5, 5.41) is 10.2. The van der Waals surface area contributed by atoms with Gasteiger partial charge in [0.25, 0.3) is 0 Å². The number of rotatable bonds is 7. The van der Waals surface area contributed by atoms with Crippen molar-refractivity contribution in [3.63, 3.8) is 0 Å². The molecule has 0 spiro atoms. The van der Waals surface area contributed by atoms with Gasteiger partial charge < -0.3 is 9.84 Å². The van der Waals surface area contributed by atoms with E-state index in [0.29, 0.717) is 17.5 Å². The Balaban J connectivity index is 2.93. The Hall–Kier alpha value is -1.23. The number of unbranched alkanes of at least 4 members (excludes halogenated alkanes) is 1. The van der Waals surface area contributed by atoms with Crippen molar-refractivity contribution in [2.45, 2.75) is 38.0 Å². The third kappa shape index (κ3) is 3.16. The van der Waals surface area contributed by atoms with Crippen molar-refractivity contribution in [2.24, 2.45) is 5.73 Å². The van der Waals surface area contributed by atoms with Gasteiger partial charge in [0, 0.05) is 18.2 Å². The highest BCUT2D eigenvalue weighted by atomic mass is 16.5. The summed E-state index contributed by atoms with van der Waals surface area (Å²) in [6, 6.07) is 6.75. The van der Waals surface area contributed by atoms with E-state index < -0.39 is 11.8 Å². The maximum absolute atomic E-state index is 10.6. The number of hydrogen-bond donors (Lipinski definition) is 2. The van der Waals surface area contributed by atoms with Gasteiger partial charge in [0.2, 0.25) is 0 Å². The molecule has 3 N–H and O–H groups in total. The van der Waals surface area contributed by atoms with Gasteiger partial charge in [-0.25, -0.2) is 0 Å². The third-order valence-electron chi connectivity index (χ3n) is 3.16. The van der Waals surface area contributed by atoms with Crippen LogP contribution in [0.4, 0.5) is 0 Å². The molecule has 0 aliphatic carbocycles. The molecule has 18 heavy (non-hydrogen) atoms. The number of carbonyl (C=O) groups excluding carboxylic acids is 1. The Morgan fingerprint density at radius 2 is 2.06 bits per heavy atom. The van der Waals surface area contributed by atoms with E-state index in [1.54, 1.807) is 24.3 Å². The van der Waals surface area contributed by atoms with Gasteiger partial charge in [-0.3, -0.25) is 10.5 Å². The predicted molar refractivity (Wildman–Crippen MR) is 70.2 cm³/mol. The number of aliphatic hydroxyl groups is 1. The molecule has 0 fully saturated rings. The Kier molecular flexibility index (Phi) is 5.47. The molecule has 0 bridgehead atoms. The van der Waals surface area contributed by atoms with Gasteiger partial charge >= 0.3 is 0 Å². The van der Waals surface area contributed by atoms with Crippen LogP contribution in [0.2, 0.25) is 0 Å². The quantitative estimate of drug-likeness (QED) is 0.572. The molecule has 0 amide bonds. The van der Waals surface area contributed by atoms with Crippen molar-refractivity contribution >= 4 is 6.29 Å². The van der Waals surface area contributed by atoms with Gasteiger partial charge in [-0.15, -0.1) is 0 Å². The topological polar surface area (TPSA) is 72.6 Å². The summed E-state index contributed by atoms with van der Waals surface area (Å²) in [5.74, 6) is 0. The highest BCUT2D eigenvalue weighted by Gasteiger charge is 2.35.